The molecule has 1 unspecified atom stereocenters. The normalized spacial score (nSPS) is 14.5. The number of carbonyl (C=O) groups is 3. The molecule has 170 valence electrons. The van der Waals surface area contributed by atoms with Crippen molar-refractivity contribution in [3.05, 3.63) is 65.2 Å². The minimum absolute atomic E-state index is 0.0342. The minimum Gasteiger partial charge on any atom is -0.383 e. The first-order valence-corrected chi connectivity index (χ1v) is 11.0. The van der Waals surface area contributed by atoms with Gasteiger partial charge in [-0.05, 0) is 30.2 Å². The molecule has 0 N–H and O–H groups in total. The average Bonchev–Trinajstić information content (AvgIpc) is 3.19. The molecule has 1 atom stereocenters. The van der Waals surface area contributed by atoms with Crippen LogP contribution in [0.2, 0.25) is 5.02 Å². The molecule has 0 bridgehead atoms. The van der Waals surface area contributed by atoms with Gasteiger partial charge in [-0.25, -0.2) is 0 Å². The van der Waals surface area contributed by atoms with Crippen LogP contribution < -0.4 is 4.90 Å². The first-order valence-electron chi connectivity index (χ1n) is 10.6. The number of hydrogen-bond acceptors (Lipinski definition) is 4. The van der Waals surface area contributed by atoms with Gasteiger partial charge in [0.1, 0.15) is 13.2 Å². The summed E-state index contributed by atoms with van der Waals surface area (Å²) in [7, 11) is 1.56. The number of methoxy groups -OCH3 is 1. The summed E-state index contributed by atoms with van der Waals surface area (Å²) in [6, 6.07) is 16.5. The summed E-state index contributed by atoms with van der Waals surface area (Å²) in [5, 5.41) is 0.517. The largest absolute Gasteiger partial charge is 0.383 e. The van der Waals surface area contributed by atoms with Crippen LogP contribution in [0.3, 0.4) is 0 Å². The van der Waals surface area contributed by atoms with Gasteiger partial charge in [-0.15, -0.1) is 0 Å². The van der Waals surface area contributed by atoms with Crippen molar-refractivity contribution in [2.75, 3.05) is 44.9 Å². The van der Waals surface area contributed by atoms with E-state index < -0.39 is 0 Å². The fraction of sp³-hybridized carbons (Fsp3) is 0.375. The molecule has 1 saturated heterocycles. The van der Waals surface area contributed by atoms with Gasteiger partial charge in [-0.3, -0.25) is 19.3 Å². The Morgan fingerprint density at radius 3 is 2.56 bits per heavy atom. The number of amides is 3. The maximum Gasteiger partial charge on any atom is 0.248 e. The van der Waals surface area contributed by atoms with E-state index in [-0.39, 0.29) is 43.4 Å². The number of halogens is 1. The fourth-order valence-electron chi connectivity index (χ4n) is 3.78. The summed E-state index contributed by atoms with van der Waals surface area (Å²) in [6.45, 7) is 2.55. The van der Waals surface area contributed by atoms with Crippen LogP contribution in [0.4, 0.5) is 5.69 Å². The van der Waals surface area contributed by atoms with Crippen molar-refractivity contribution in [3.8, 4) is 0 Å². The van der Waals surface area contributed by atoms with E-state index in [0.29, 0.717) is 30.3 Å². The standard InChI is InChI=1S/C24H28ClN3O4/c1-3-21(18-8-5-4-6-9-18)24(31)26(12-13-32-2)15-22(29)27-16-23(30)28(17-27)20-11-7-10-19(25)14-20/h4-11,14,21H,3,12-13,15-17H2,1-2H3. The van der Waals surface area contributed by atoms with Crippen LogP contribution in [-0.2, 0) is 19.1 Å². The van der Waals surface area contributed by atoms with Crippen LogP contribution in [0.25, 0.3) is 0 Å². The van der Waals surface area contributed by atoms with E-state index in [1.54, 1.807) is 31.4 Å². The first-order chi connectivity index (χ1) is 15.4. The van der Waals surface area contributed by atoms with Crippen LogP contribution >= 0.6 is 11.6 Å². The minimum atomic E-state index is -0.343. The zero-order valence-corrected chi connectivity index (χ0v) is 19.1. The molecule has 1 heterocycles. The number of hydrogen-bond donors (Lipinski definition) is 0. The lowest BCUT2D eigenvalue weighted by Gasteiger charge is -2.28. The predicted molar refractivity (Wildman–Crippen MR) is 123 cm³/mol. The molecule has 3 amide bonds. The number of nitrogens with zero attached hydrogens (tertiary/aromatic N) is 3. The topological polar surface area (TPSA) is 70.2 Å². The lowest BCUT2D eigenvalue weighted by molar-refractivity contribution is -0.141. The van der Waals surface area contributed by atoms with Crippen molar-refractivity contribution >= 4 is 35.0 Å². The van der Waals surface area contributed by atoms with Gasteiger partial charge in [0.15, 0.2) is 0 Å². The van der Waals surface area contributed by atoms with E-state index in [9.17, 15) is 14.4 Å². The van der Waals surface area contributed by atoms with Gasteiger partial charge in [0.25, 0.3) is 0 Å². The van der Waals surface area contributed by atoms with Gasteiger partial charge in [0.2, 0.25) is 17.7 Å². The van der Waals surface area contributed by atoms with E-state index in [1.807, 2.05) is 37.3 Å². The third-order valence-corrected chi connectivity index (χ3v) is 5.76. The SMILES string of the molecule is CCC(C(=O)N(CCOC)CC(=O)N1CC(=O)N(c2cccc(Cl)c2)C1)c1ccccc1. The van der Waals surface area contributed by atoms with Crippen molar-refractivity contribution in [2.24, 2.45) is 0 Å². The van der Waals surface area contributed by atoms with Crippen LogP contribution in [0, 0.1) is 0 Å². The lowest BCUT2D eigenvalue weighted by Crippen LogP contribution is -2.45. The highest BCUT2D eigenvalue weighted by Crippen LogP contribution is 2.24. The molecule has 0 spiro atoms. The second-order valence-corrected chi connectivity index (χ2v) is 8.10. The number of rotatable bonds is 9. The molecule has 0 radical (unpaired) electrons. The molecule has 0 aromatic heterocycles. The van der Waals surface area contributed by atoms with Crippen LogP contribution in [0.15, 0.2) is 54.6 Å². The smallest absolute Gasteiger partial charge is 0.248 e. The predicted octanol–water partition coefficient (Wildman–Crippen LogP) is 3.14. The summed E-state index contributed by atoms with van der Waals surface area (Å²) in [5.74, 6) is -0.938. The lowest BCUT2D eigenvalue weighted by atomic mass is 9.95. The van der Waals surface area contributed by atoms with Gasteiger partial charge in [0.05, 0.1) is 19.1 Å². The highest BCUT2D eigenvalue weighted by atomic mass is 35.5. The molecular weight excluding hydrogens is 430 g/mol. The van der Waals surface area contributed by atoms with Gasteiger partial charge in [-0.2, -0.15) is 0 Å². The number of carbonyl (C=O) groups excluding carboxylic acids is 3. The van der Waals surface area contributed by atoms with E-state index in [1.165, 1.54) is 14.7 Å². The molecule has 32 heavy (non-hydrogen) atoms. The van der Waals surface area contributed by atoms with Crippen LogP contribution in [0.5, 0.6) is 0 Å². The summed E-state index contributed by atoms with van der Waals surface area (Å²) >= 11 is 6.04. The number of benzene rings is 2. The van der Waals surface area contributed by atoms with Gasteiger partial charge < -0.3 is 14.5 Å². The number of ether oxygens (including phenoxy) is 1. The fourth-order valence-corrected chi connectivity index (χ4v) is 3.96. The van der Waals surface area contributed by atoms with Gasteiger partial charge in [-0.1, -0.05) is 54.9 Å². The zero-order chi connectivity index (χ0) is 23.1. The summed E-state index contributed by atoms with van der Waals surface area (Å²) in [4.78, 5) is 43.4. The van der Waals surface area contributed by atoms with Crippen molar-refractivity contribution in [1.82, 2.24) is 9.80 Å². The Labute approximate surface area is 193 Å². The monoisotopic (exact) mass is 457 g/mol. The van der Waals surface area contributed by atoms with Crippen molar-refractivity contribution in [2.45, 2.75) is 19.3 Å². The molecule has 2 aromatic rings. The molecule has 8 heteroatoms. The Morgan fingerprint density at radius 1 is 1.16 bits per heavy atom. The van der Waals surface area contributed by atoms with E-state index >= 15 is 0 Å². The molecule has 7 nitrogen and oxygen atoms in total. The maximum absolute atomic E-state index is 13.3. The Hall–Kier alpha value is -2.90. The van der Waals surface area contributed by atoms with Crippen LogP contribution in [0.1, 0.15) is 24.8 Å². The molecular formula is C24H28ClN3O4. The van der Waals surface area contributed by atoms with Crippen LogP contribution in [-0.4, -0.2) is 67.5 Å². The molecule has 3 rings (SSSR count). The summed E-state index contributed by atoms with van der Waals surface area (Å²) in [5.41, 5.74) is 1.55. The van der Waals surface area contributed by atoms with E-state index in [2.05, 4.69) is 0 Å². The van der Waals surface area contributed by atoms with Crippen molar-refractivity contribution in [3.63, 3.8) is 0 Å². The average molecular weight is 458 g/mol. The molecule has 1 aliphatic rings. The highest BCUT2D eigenvalue weighted by Gasteiger charge is 2.34. The van der Waals surface area contributed by atoms with Gasteiger partial charge >= 0.3 is 0 Å². The van der Waals surface area contributed by atoms with Gasteiger partial charge in [0, 0.05) is 24.4 Å². The quantitative estimate of drug-likeness (QED) is 0.580. The second-order valence-electron chi connectivity index (χ2n) is 7.66. The highest BCUT2D eigenvalue weighted by molar-refractivity contribution is 6.31. The van der Waals surface area contributed by atoms with E-state index in [4.69, 9.17) is 16.3 Å². The summed E-state index contributed by atoms with van der Waals surface area (Å²) in [6.07, 6.45) is 0.616. The summed E-state index contributed by atoms with van der Waals surface area (Å²) < 4.78 is 5.16. The third kappa shape index (κ3) is 5.66. The molecule has 1 aliphatic heterocycles. The Kier molecular flexibility index (Phi) is 8.25. The van der Waals surface area contributed by atoms with Crippen molar-refractivity contribution < 1.29 is 19.1 Å². The first kappa shape index (κ1) is 23.8. The molecule has 2 aromatic carbocycles. The molecule has 0 saturated carbocycles. The van der Waals surface area contributed by atoms with Crippen molar-refractivity contribution in [1.29, 1.82) is 0 Å². The second kappa shape index (κ2) is 11.1. The zero-order valence-electron chi connectivity index (χ0n) is 18.4. The number of anilines is 1. The molecule has 1 fully saturated rings. The van der Waals surface area contributed by atoms with E-state index in [0.717, 1.165) is 5.56 Å². The Morgan fingerprint density at radius 2 is 1.91 bits per heavy atom. The maximum atomic E-state index is 13.3. The Balaban J connectivity index is 1.72. The Bertz CT molecular complexity index is 953. The molecule has 0 aliphatic carbocycles. The third-order valence-electron chi connectivity index (χ3n) is 5.52.